The number of rotatable bonds is 2. The molecule has 5 nitrogen and oxygen atoms in total. The van der Waals surface area contributed by atoms with E-state index in [9.17, 15) is 4.79 Å². The zero-order valence-corrected chi connectivity index (χ0v) is 9.65. The molecule has 0 spiro atoms. The van der Waals surface area contributed by atoms with E-state index < -0.39 is 0 Å². The van der Waals surface area contributed by atoms with Gasteiger partial charge in [0.1, 0.15) is 5.37 Å². The van der Waals surface area contributed by atoms with Crippen molar-refractivity contribution in [3.05, 3.63) is 30.3 Å². The van der Waals surface area contributed by atoms with Gasteiger partial charge in [0.05, 0.1) is 6.54 Å². The van der Waals surface area contributed by atoms with Gasteiger partial charge in [-0.3, -0.25) is 0 Å². The van der Waals surface area contributed by atoms with Crippen molar-refractivity contribution in [3.8, 4) is 0 Å². The summed E-state index contributed by atoms with van der Waals surface area (Å²) in [5, 5.41) is 6.65. The molecular weight excluding hydrogens is 224 g/mol. The molecule has 1 aliphatic rings. The standard InChI is InChI=1S/C10H12N4OS/c1-14(9-7-11-13-16-9)10(15)12-8-5-3-2-4-6-8/h2-6,9H,7H2,1H3,(H,12,15). The second-order valence-corrected chi connectivity index (χ2v) is 4.29. The van der Waals surface area contributed by atoms with E-state index in [-0.39, 0.29) is 11.4 Å². The Balaban J connectivity index is 1.93. The number of para-hydroxylation sites is 1. The molecule has 1 N–H and O–H groups in total. The lowest BCUT2D eigenvalue weighted by molar-refractivity contribution is 0.220. The molecule has 0 fully saturated rings. The van der Waals surface area contributed by atoms with E-state index >= 15 is 0 Å². The molecule has 0 aliphatic carbocycles. The highest BCUT2D eigenvalue weighted by molar-refractivity contribution is 7.98. The highest BCUT2D eigenvalue weighted by Gasteiger charge is 2.23. The molecule has 0 radical (unpaired) electrons. The van der Waals surface area contributed by atoms with Gasteiger partial charge in [-0.1, -0.05) is 18.2 Å². The van der Waals surface area contributed by atoms with Crippen LogP contribution in [-0.2, 0) is 0 Å². The summed E-state index contributed by atoms with van der Waals surface area (Å²) < 4.78 is 3.80. The molecule has 6 heteroatoms. The van der Waals surface area contributed by atoms with Gasteiger partial charge in [-0.25, -0.2) is 4.79 Å². The normalized spacial score (nSPS) is 18.4. The molecule has 0 saturated heterocycles. The molecule has 0 saturated carbocycles. The van der Waals surface area contributed by atoms with E-state index in [0.717, 1.165) is 5.69 Å². The summed E-state index contributed by atoms with van der Waals surface area (Å²) in [5.41, 5.74) is 0.788. The number of hydrogen-bond donors (Lipinski definition) is 1. The quantitative estimate of drug-likeness (QED) is 0.802. The van der Waals surface area contributed by atoms with Gasteiger partial charge in [0.25, 0.3) is 0 Å². The van der Waals surface area contributed by atoms with Crippen molar-refractivity contribution in [3.63, 3.8) is 0 Å². The predicted molar refractivity (Wildman–Crippen MR) is 64.3 cm³/mol. The molecule has 0 bridgehead atoms. The minimum atomic E-state index is -0.143. The zero-order valence-electron chi connectivity index (χ0n) is 8.83. The van der Waals surface area contributed by atoms with E-state index in [2.05, 4.69) is 15.0 Å². The SMILES string of the molecule is CN(C(=O)Nc1ccccc1)C1CN=NS1. The second kappa shape index (κ2) is 4.98. The van der Waals surface area contributed by atoms with Crippen LogP contribution in [0.5, 0.6) is 0 Å². The molecule has 1 heterocycles. The average Bonchev–Trinajstić information content (AvgIpc) is 2.83. The Kier molecular flexibility index (Phi) is 3.40. The Morgan fingerprint density at radius 3 is 2.88 bits per heavy atom. The van der Waals surface area contributed by atoms with E-state index in [1.807, 2.05) is 30.3 Å². The number of likely N-dealkylation sites (N-methyl/N-ethyl adjacent to an activating group) is 1. The summed E-state index contributed by atoms with van der Waals surface area (Å²) in [6.45, 7) is 0.559. The first-order chi connectivity index (χ1) is 7.77. The number of benzene rings is 1. The van der Waals surface area contributed by atoms with Crippen molar-refractivity contribution in [2.24, 2.45) is 9.63 Å². The topological polar surface area (TPSA) is 57.1 Å². The van der Waals surface area contributed by atoms with Crippen molar-refractivity contribution in [1.82, 2.24) is 4.90 Å². The fourth-order valence-electron chi connectivity index (χ4n) is 1.28. The third kappa shape index (κ3) is 2.52. The lowest BCUT2D eigenvalue weighted by Gasteiger charge is -2.21. The third-order valence-electron chi connectivity index (χ3n) is 2.24. The van der Waals surface area contributed by atoms with Gasteiger partial charge in [-0.15, -0.1) is 4.52 Å². The number of nitrogens with one attached hydrogen (secondary N) is 1. The van der Waals surface area contributed by atoms with Gasteiger partial charge in [0.2, 0.25) is 0 Å². The van der Waals surface area contributed by atoms with E-state index in [0.29, 0.717) is 6.54 Å². The molecule has 84 valence electrons. The molecule has 1 unspecified atom stereocenters. The summed E-state index contributed by atoms with van der Waals surface area (Å²) in [6, 6.07) is 9.22. The van der Waals surface area contributed by atoms with Crippen LogP contribution in [0.3, 0.4) is 0 Å². The van der Waals surface area contributed by atoms with Crippen LogP contribution >= 0.6 is 11.9 Å². The van der Waals surface area contributed by atoms with Crippen molar-refractivity contribution in [1.29, 1.82) is 0 Å². The Bertz CT molecular complexity index is 387. The average molecular weight is 236 g/mol. The van der Waals surface area contributed by atoms with E-state index in [4.69, 9.17) is 0 Å². The molecule has 1 aromatic carbocycles. The summed E-state index contributed by atoms with van der Waals surface area (Å²) >= 11 is 1.31. The van der Waals surface area contributed by atoms with Gasteiger partial charge in [0, 0.05) is 24.7 Å². The molecule has 1 atom stereocenters. The minimum Gasteiger partial charge on any atom is -0.312 e. The van der Waals surface area contributed by atoms with Crippen LogP contribution in [0.1, 0.15) is 0 Å². The Morgan fingerprint density at radius 2 is 2.25 bits per heavy atom. The van der Waals surface area contributed by atoms with Crippen LogP contribution in [-0.4, -0.2) is 29.9 Å². The second-order valence-electron chi connectivity index (χ2n) is 3.37. The number of carbonyl (C=O) groups excluding carboxylic acids is 1. The van der Waals surface area contributed by atoms with Crippen LogP contribution in [0.4, 0.5) is 10.5 Å². The Labute approximate surface area is 98.1 Å². The molecule has 2 rings (SSSR count). The van der Waals surface area contributed by atoms with Crippen LogP contribution < -0.4 is 5.32 Å². The lowest BCUT2D eigenvalue weighted by Crippen LogP contribution is -2.38. The number of urea groups is 1. The minimum absolute atomic E-state index is 0.00344. The van der Waals surface area contributed by atoms with E-state index in [1.165, 1.54) is 11.9 Å². The number of hydrogen-bond acceptors (Lipinski definition) is 4. The first-order valence-corrected chi connectivity index (χ1v) is 5.72. The lowest BCUT2D eigenvalue weighted by atomic mass is 10.3. The zero-order chi connectivity index (χ0) is 11.4. The van der Waals surface area contributed by atoms with Gasteiger partial charge in [-0.05, 0) is 12.1 Å². The molecule has 2 amide bonds. The first-order valence-electron chi connectivity index (χ1n) is 4.89. The number of nitrogens with zero attached hydrogens (tertiary/aromatic N) is 3. The van der Waals surface area contributed by atoms with Crippen molar-refractivity contribution in [2.75, 3.05) is 18.9 Å². The summed E-state index contributed by atoms with van der Waals surface area (Å²) in [4.78, 5) is 13.4. The van der Waals surface area contributed by atoms with Gasteiger partial charge < -0.3 is 10.2 Å². The number of anilines is 1. The van der Waals surface area contributed by atoms with Crippen LogP contribution in [0.25, 0.3) is 0 Å². The fraction of sp³-hybridized carbons (Fsp3) is 0.300. The maximum absolute atomic E-state index is 11.8. The number of carbonyl (C=O) groups is 1. The summed E-state index contributed by atoms with van der Waals surface area (Å²) in [5.74, 6) is 0. The predicted octanol–water partition coefficient (Wildman–Crippen LogP) is 2.59. The molecule has 1 aliphatic heterocycles. The third-order valence-corrected chi connectivity index (χ3v) is 3.16. The van der Waals surface area contributed by atoms with Crippen LogP contribution in [0, 0.1) is 0 Å². The number of amides is 2. The molecule has 1 aromatic rings. The smallest absolute Gasteiger partial charge is 0.312 e. The Morgan fingerprint density at radius 1 is 1.50 bits per heavy atom. The van der Waals surface area contributed by atoms with Crippen LogP contribution in [0.15, 0.2) is 40.0 Å². The summed E-state index contributed by atoms with van der Waals surface area (Å²) in [6.07, 6.45) is 0. The largest absolute Gasteiger partial charge is 0.322 e. The van der Waals surface area contributed by atoms with Crippen molar-refractivity contribution >= 4 is 23.7 Å². The molecular formula is C10H12N4OS. The fourth-order valence-corrected chi connectivity index (χ4v) is 1.89. The van der Waals surface area contributed by atoms with Gasteiger partial charge in [0.15, 0.2) is 0 Å². The highest BCUT2D eigenvalue weighted by atomic mass is 32.2. The Hall–Kier alpha value is -1.56. The highest BCUT2D eigenvalue weighted by Crippen LogP contribution is 2.23. The maximum Gasteiger partial charge on any atom is 0.322 e. The summed E-state index contributed by atoms with van der Waals surface area (Å²) in [7, 11) is 1.74. The molecule has 0 aromatic heterocycles. The first kappa shape index (κ1) is 10.9. The van der Waals surface area contributed by atoms with Crippen molar-refractivity contribution < 1.29 is 4.79 Å². The van der Waals surface area contributed by atoms with Gasteiger partial charge >= 0.3 is 6.03 Å². The van der Waals surface area contributed by atoms with Gasteiger partial charge in [-0.2, -0.15) is 5.11 Å². The van der Waals surface area contributed by atoms with E-state index in [1.54, 1.807) is 11.9 Å². The van der Waals surface area contributed by atoms with Crippen LogP contribution in [0.2, 0.25) is 0 Å². The maximum atomic E-state index is 11.8. The monoisotopic (exact) mass is 236 g/mol. The van der Waals surface area contributed by atoms with Crippen molar-refractivity contribution in [2.45, 2.75) is 5.37 Å². The molecule has 16 heavy (non-hydrogen) atoms.